The van der Waals surface area contributed by atoms with E-state index in [0.717, 1.165) is 30.3 Å². The van der Waals surface area contributed by atoms with Gasteiger partial charge in [-0.15, -0.1) is 0 Å². The maximum absolute atomic E-state index is 12.5. The summed E-state index contributed by atoms with van der Waals surface area (Å²) in [5, 5.41) is 18.3. The molecule has 0 amide bonds. The summed E-state index contributed by atoms with van der Waals surface area (Å²) in [6, 6.07) is 4.77. The summed E-state index contributed by atoms with van der Waals surface area (Å²) < 4.78 is 37.5. The number of hydrogen-bond donors (Lipinski definition) is 2. The number of carboxylic acid groups (broad SMARTS) is 1. The maximum atomic E-state index is 12.5. The fourth-order valence-electron chi connectivity index (χ4n) is 1.70. The maximum Gasteiger partial charge on any atom is 0.416 e. The first-order valence-corrected chi connectivity index (χ1v) is 4.87. The Morgan fingerprint density at radius 3 is 2.28 bits per heavy atom. The first-order valence-electron chi connectivity index (χ1n) is 4.87. The predicted molar refractivity (Wildman–Crippen MR) is 57.6 cm³/mol. The molecular formula is C12H7F3O3. The Morgan fingerprint density at radius 2 is 1.72 bits per heavy atom. The largest absolute Gasteiger partial charge is 0.507 e. The van der Waals surface area contributed by atoms with E-state index in [2.05, 4.69) is 0 Å². The number of aromatic carboxylic acids is 1. The Bertz CT molecular complexity index is 632. The Morgan fingerprint density at radius 1 is 1.06 bits per heavy atom. The SMILES string of the molecule is O=C(O)c1ccc(O)c2cc(C(F)(F)F)ccc12. The summed E-state index contributed by atoms with van der Waals surface area (Å²) in [5.41, 5.74) is -1.09. The molecule has 0 saturated carbocycles. The predicted octanol–water partition coefficient (Wildman–Crippen LogP) is 3.26. The number of carboxylic acids is 1. The molecule has 0 atom stereocenters. The van der Waals surface area contributed by atoms with Crippen LogP contribution in [0.4, 0.5) is 13.2 Å². The van der Waals surface area contributed by atoms with Crippen LogP contribution in [0, 0.1) is 0 Å². The zero-order valence-corrected chi connectivity index (χ0v) is 8.82. The molecule has 0 saturated heterocycles. The Hall–Kier alpha value is -2.24. The summed E-state index contributed by atoms with van der Waals surface area (Å²) in [5.74, 6) is -1.65. The molecule has 0 aliphatic heterocycles. The third-order valence-corrected chi connectivity index (χ3v) is 2.55. The van der Waals surface area contributed by atoms with E-state index in [0.29, 0.717) is 0 Å². The van der Waals surface area contributed by atoms with Gasteiger partial charge in [-0.1, -0.05) is 6.07 Å². The van der Waals surface area contributed by atoms with Crippen LogP contribution < -0.4 is 0 Å². The van der Waals surface area contributed by atoms with E-state index in [1.807, 2.05) is 0 Å². The number of carbonyl (C=O) groups is 1. The van der Waals surface area contributed by atoms with Crippen molar-refractivity contribution < 1.29 is 28.2 Å². The van der Waals surface area contributed by atoms with Gasteiger partial charge in [0, 0.05) is 5.39 Å². The molecule has 18 heavy (non-hydrogen) atoms. The molecule has 0 radical (unpaired) electrons. The number of aromatic hydroxyl groups is 1. The highest BCUT2D eigenvalue weighted by Gasteiger charge is 2.31. The van der Waals surface area contributed by atoms with Crippen LogP contribution in [-0.4, -0.2) is 16.2 Å². The van der Waals surface area contributed by atoms with Crippen molar-refractivity contribution in [3.63, 3.8) is 0 Å². The first kappa shape index (κ1) is 12.2. The molecule has 0 aromatic heterocycles. The van der Waals surface area contributed by atoms with E-state index < -0.39 is 17.7 Å². The lowest BCUT2D eigenvalue weighted by molar-refractivity contribution is -0.137. The van der Waals surface area contributed by atoms with Crippen molar-refractivity contribution in [2.45, 2.75) is 6.18 Å². The highest BCUT2D eigenvalue weighted by molar-refractivity contribution is 6.05. The van der Waals surface area contributed by atoms with Gasteiger partial charge in [-0.2, -0.15) is 13.2 Å². The van der Waals surface area contributed by atoms with Crippen molar-refractivity contribution in [2.24, 2.45) is 0 Å². The molecule has 94 valence electrons. The van der Waals surface area contributed by atoms with Gasteiger partial charge in [0.1, 0.15) is 5.75 Å². The van der Waals surface area contributed by atoms with Gasteiger partial charge in [0.05, 0.1) is 11.1 Å². The van der Waals surface area contributed by atoms with Gasteiger partial charge >= 0.3 is 12.1 Å². The minimum absolute atomic E-state index is 0.0653. The number of hydrogen-bond acceptors (Lipinski definition) is 2. The van der Waals surface area contributed by atoms with E-state index in [1.54, 1.807) is 0 Å². The van der Waals surface area contributed by atoms with Gasteiger partial charge in [0.25, 0.3) is 0 Å². The van der Waals surface area contributed by atoms with E-state index in [-0.39, 0.29) is 22.1 Å². The molecule has 2 aromatic rings. The van der Waals surface area contributed by atoms with Gasteiger partial charge in [-0.3, -0.25) is 0 Å². The Labute approximate surface area is 99.1 Å². The molecule has 0 fully saturated rings. The lowest BCUT2D eigenvalue weighted by Crippen LogP contribution is -2.05. The normalized spacial score (nSPS) is 11.7. The minimum Gasteiger partial charge on any atom is -0.507 e. The quantitative estimate of drug-likeness (QED) is 0.823. The van der Waals surface area contributed by atoms with Crippen LogP contribution in [0.15, 0.2) is 30.3 Å². The number of phenolic OH excluding ortho intramolecular Hbond substituents is 1. The van der Waals surface area contributed by atoms with Crippen molar-refractivity contribution in [2.75, 3.05) is 0 Å². The lowest BCUT2D eigenvalue weighted by Gasteiger charge is -2.10. The van der Waals surface area contributed by atoms with Gasteiger partial charge in [0.15, 0.2) is 0 Å². The van der Waals surface area contributed by atoms with Crippen molar-refractivity contribution in [3.8, 4) is 5.75 Å². The van der Waals surface area contributed by atoms with Crippen LogP contribution >= 0.6 is 0 Å². The molecule has 0 unspecified atom stereocenters. The highest BCUT2D eigenvalue weighted by atomic mass is 19.4. The number of benzene rings is 2. The third kappa shape index (κ3) is 1.97. The third-order valence-electron chi connectivity index (χ3n) is 2.55. The van der Waals surface area contributed by atoms with Crippen LogP contribution in [0.2, 0.25) is 0 Å². The average Bonchev–Trinajstić information content (AvgIpc) is 2.27. The van der Waals surface area contributed by atoms with E-state index in [9.17, 15) is 23.1 Å². The number of alkyl halides is 3. The molecule has 0 spiro atoms. The zero-order chi connectivity index (χ0) is 13.5. The summed E-state index contributed by atoms with van der Waals surface area (Å²) in [7, 11) is 0. The van der Waals surface area contributed by atoms with Crippen molar-refractivity contribution in [1.82, 2.24) is 0 Å². The number of rotatable bonds is 1. The first-order chi connectivity index (χ1) is 8.30. The van der Waals surface area contributed by atoms with Gasteiger partial charge in [-0.05, 0) is 29.7 Å². The van der Waals surface area contributed by atoms with Gasteiger partial charge in [0.2, 0.25) is 0 Å². The molecule has 2 rings (SSSR count). The number of phenols is 1. The van der Waals surface area contributed by atoms with Crippen LogP contribution in [0.1, 0.15) is 15.9 Å². The van der Waals surface area contributed by atoms with Crippen LogP contribution in [0.3, 0.4) is 0 Å². The fourth-order valence-corrected chi connectivity index (χ4v) is 1.70. The van der Waals surface area contributed by atoms with Crippen molar-refractivity contribution in [1.29, 1.82) is 0 Å². The molecule has 6 heteroatoms. The van der Waals surface area contributed by atoms with Crippen molar-refractivity contribution in [3.05, 3.63) is 41.5 Å². The lowest BCUT2D eigenvalue weighted by atomic mass is 10.0. The second-order valence-electron chi connectivity index (χ2n) is 3.70. The summed E-state index contributed by atoms with van der Waals surface area (Å²) in [4.78, 5) is 10.9. The zero-order valence-electron chi connectivity index (χ0n) is 8.82. The second kappa shape index (κ2) is 3.90. The average molecular weight is 256 g/mol. The summed E-state index contributed by atoms with van der Waals surface area (Å²) in [6.45, 7) is 0. The highest BCUT2D eigenvalue weighted by Crippen LogP contribution is 2.35. The monoisotopic (exact) mass is 256 g/mol. The minimum atomic E-state index is -4.54. The molecule has 2 N–H and O–H groups in total. The molecular weight excluding hydrogens is 249 g/mol. The van der Waals surface area contributed by atoms with Crippen LogP contribution in [0.25, 0.3) is 10.8 Å². The van der Waals surface area contributed by atoms with Gasteiger partial charge < -0.3 is 10.2 Å². The molecule has 3 nitrogen and oxygen atoms in total. The number of fused-ring (bicyclic) bond motifs is 1. The summed E-state index contributed by atoms with van der Waals surface area (Å²) in [6.07, 6.45) is -4.54. The Kier molecular flexibility index (Phi) is 2.65. The fraction of sp³-hybridized carbons (Fsp3) is 0.0833. The summed E-state index contributed by atoms with van der Waals surface area (Å²) >= 11 is 0. The Balaban J connectivity index is 2.78. The van der Waals surface area contributed by atoms with Crippen LogP contribution in [0.5, 0.6) is 5.75 Å². The van der Waals surface area contributed by atoms with Crippen LogP contribution in [-0.2, 0) is 6.18 Å². The van der Waals surface area contributed by atoms with E-state index in [1.165, 1.54) is 0 Å². The molecule has 0 aliphatic rings. The smallest absolute Gasteiger partial charge is 0.416 e. The molecule has 0 heterocycles. The number of halogens is 3. The van der Waals surface area contributed by atoms with Gasteiger partial charge in [-0.25, -0.2) is 4.79 Å². The standard InChI is InChI=1S/C12H7F3O3/c13-12(14,15)6-1-2-7-8(11(17)18)3-4-10(16)9(7)5-6/h1-5,16H,(H,17,18). The van der Waals surface area contributed by atoms with E-state index >= 15 is 0 Å². The van der Waals surface area contributed by atoms with E-state index in [4.69, 9.17) is 5.11 Å². The topological polar surface area (TPSA) is 57.5 Å². The van der Waals surface area contributed by atoms with Crippen molar-refractivity contribution >= 4 is 16.7 Å². The molecule has 0 bridgehead atoms. The molecule has 2 aromatic carbocycles. The molecule has 0 aliphatic carbocycles. The second-order valence-corrected chi connectivity index (χ2v) is 3.70.